The zero-order chi connectivity index (χ0) is 47.2. The highest BCUT2D eigenvalue weighted by Crippen LogP contribution is 2.18. The average Bonchev–Trinajstić information content (AvgIpc) is 3.30. The van der Waals surface area contributed by atoms with Crippen LogP contribution in [0.25, 0.3) is 0 Å². The van der Waals surface area contributed by atoms with Crippen molar-refractivity contribution in [3.05, 3.63) is 0 Å². The highest BCUT2D eigenvalue weighted by Gasteiger charge is 2.19. The lowest BCUT2D eigenvalue weighted by Crippen LogP contribution is -2.30. The van der Waals surface area contributed by atoms with Gasteiger partial charge >= 0.3 is 17.9 Å². The van der Waals surface area contributed by atoms with Gasteiger partial charge in [-0.25, -0.2) is 0 Å². The summed E-state index contributed by atoms with van der Waals surface area (Å²) in [6, 6.07) is 0. The predicted molar refractivity (Wildman–Crippen MR) is 280 cm³/mol. The Labute approximate surface area is 406 Å². The number of hydrogen-bond donors (Lipinski definition) is 0. The maximum Gasteiger partial charge on any atom is 0.306 e. The quantitative estimate of drug-likeness (QED) is 0.0344. The summed E-state index contributed by atoms with van der Waals surface area (Å²) in [5.74, 6) is -0.852. The molecule has 0 radical (unpaired) electrons. The van der Waals surface area contributed by atoms with Gasteiger partial charge in [0.15, 0.2) is 6.10 Å². The molecule has 0 aromatic carbocycles. The molecule has 0 aromatic heterocycles. The number of unbranched alkanes of at least 4 members (excludes halogenated alkanes) is 44. The lowest BCUT2D eigenvalue weighted by Gasteiger charge is -2.18. The first-order valence-electron chi connectivity index (χ1n) is 29.5. The van der Waals surface area contributed by atoms with Gasteiger partial charge < -0.3 is 14.2 Å². The lowest BCUT2D eigenvalue weighted by atomic mass is 10.0. The molecular formula is C59H114O6. The van der Waals surface area contributed by atoms with Crippen molar-refractivity contribution in [3.8, 4) is 0 Å². The summed E-state index contributed by atoms with van der Waals surface area (Å²) in [5, 5.41) is 0. The highest BCUT2D eigenvalue weighted by molar-refractivity contribution is 5.71. The minimum absolute atomic E-state index is 0.0628. The molecule has 0 aromatic rings. The Morgan fingerprint density at radius 1 is 0.246 bits per heavy atom. The summed E-state index contributed by atoms with van der Waals surface area (Å²) >= 11 is 0. The van der Waals surface area contributed by atoms with E-state index in [0.717, 1.165) is 57.8 Å². The molecule has 0 aliphatic heterocycles. The van der Waals surface area contributed by atoms with E-state index in [2.05, 4.69) is 20.8 Å². The van der Waals surface area contributed by atoms with Gasteiger partial charge in [0.25, 0.3) is 0 Å². The second kappa shape index (κ2) is 55.0. The molecular weight excluding hydrogens is 805 g/mol. The van der Waals surface area contributed by atoms with Crippen LogP contribution in [-0.2, 0) is 28.6 Å². The summed E-state index contributed by atoms with van der Waals surface area (Å²) in [6.45, 7) is 6.63. The number of ether oxygens (including phenoxy) is 3. The summed E-state index contributed by atoms with van der Waals surface area (Å²) in [5.41, 5.74) is 0. The first kappa shape index (κ1) is 63.4. The maximum atomic E-state index is 12.7. The molecule has 386 valence electrons. The lowest BCUT2D eigenvalue weighted by molar-refractivity contribution is -0.167. The van der Waals surface area contributed by atoms with Crippen molar-refractivity contribution in [2.24, 2.45) is 0 Å². The molecule has 6 nitrogen and oxygen atoms in total. The van der Waals surface area contributed by atoms with E-state index >= 15 is 0 Å². The van der Waals surface area contributed by atoms with Crippen molar-refractivity contribution in [3.63, 3.8) is 0 Å². The summed E-state index contributed by atoms with van der Waals surface area (Å²) < 4.78 is 16.7. The molecule has 0 spiro atoms. The first-order chi connectivity index (χ1) is 32.0. The molecule has 0 amide bonds. The van der Waals surface area contributed by atoms with E-state index in [-0.39, 0.29) is 31.1 Å². The SMILES string of the molecule is CCCCCCCCCCCCCCCCCCCCCCCCCCCCCCCCCC(=O)OCC(COC(=O)CCCCCCCCCC)OC(=O)CCCCCCCCCC. The van der Waals surface area contributed by atoms with E-state index in [1.54, 1.807) is 0 Å². The fourth-order valence-electron chi connectivity index (χ4n) is 9.15. The van der Waals surface area contributed by atoms with Gasteiger partial charge in [0.1, 0.15) is 13.2 Å². The molecule has 1 atom stereocenters. The van der Waals surface area contributed by atoms with Crippen LogP contribution in [0, 0.1) is 0 Å². The van der Waals surface area contributed by atoms with Crippen LogP contribution in [0.2, 0.25) is 0 Å². The molecule has 0 saturated heterocycles. The number of rotatable bonds is 55. The number of esters is 3. The maximum absolute atomic E-state index is 12.7. The summed E-state index contributed by atoms with van der Waals surface area (Å²) in [7, 11) is 0. The Bertz CT molecular complexity index is 967. The molecule has 0 saturated carbocycles. The molecule has 0 heterocycles. The van der Waals surface area contributed by atoms with Crippen molar-refractivity contribution in [2.45, 2.75) is 348 Å². The number of hydrogen-bond acceptors (Lipinski definition) is 6. The fraction of sp³-hybridized carbons (Fsp3) is 0.949. The molecule has 0 aliphatic rings. The van der Waals surface area contributed by atoms with Crippen LogP contribution < -0.4 is 0 Å². The zero-order valence-corrected chi connectivity index (χ0v) is 44.3. The molecule has 0 aliphatic carbocycles. The van der Waals surface area contributed by atoms with Crippen molar-refractivity contribution in [1.29, 1.82) is 0 Å². The van der Waals surface area contributed by atoms with Gasteiger partial charge in [-0.3, -0.25) is 14.4 Å². The van der Waals surface area contributed by atoms with Gasteiger partial charge in [-0.05, 0) is 19.3 Å². The molecule has 65 heavy (non-hydrogen) atoms. The Kier molecular flexibility index (Phi) is 53.7. The monoisotopic (exact) mass is 919 g/mol. The van der Waals surface area contributed by atoms with Crippen LogP contribution in [-0.4, -0.2) is 37.2 Å². The first-order valence-corrected chi connectivity index (χ1v) is 29.5. The van der Waals surface area contributed by atoms with E-state index in [1.165, 1.54) is 244 Å². The van der Waals surface area contributed by atoms with Crippen LogP contribution in [0.4, 0.5) is 0 Å². The van der Waals surface area contributed by atoms with Crippen molar-refractivity contribution in [1.82, 2.24) is 0 Å². The normalized spacial score (nSPS) is 11.9. The second-order valence-corrected chi connectivity index (χ2v) is 20.3. The molecule has 0 rings (SSSR count). The van der Waals surface area contributed by atoms with E-state index in [0.29, 0.717) is 19.3 Å². The van der Waals surface area contributed by atoms with Crippen molar-refractivity contribution >= 4 is 17.9 Å². The predicted octanol–water partition coefficient (Wildman–Crippen LogP) is 19.5. The zero-order valence-electron chi connectivity index (χ0n) is 44.3. The van der Waals surface area contributed by atoms with E-state index in [1.807, 2.05) is 0 Å². The van der Waals surface area contributed by atoms with Crippen molar-refractivity contribution < 1.29 is 28.6 Å². The van der Waals surface area contributed by atoms with E-state index < -0.39 is 6.10 Å². The van der Waals surface area contributed by atoms with Gasteiger partial charge in [0, 0.05) is 19.3 Å². The Morgan fingerprint density at radius 2 is 0.415 bits per heavy atom. The molecule has 0 bridgehead atoms. The van der Waals surface area contributed by atoms with Gasteiger partial charge in [-0.1, -0.05) is 303 Å². The molecule has 0 fully saturated rings. The highest BCUT2D eigenvalue weighted by atomic mass is 16.6. The number of carbonyl (C=O) groups is 3. The van der Waals surface area contributed by atoms with Gasteiger partial charge in [0.05, 0.1) is 0 Å². The van der Waals surface area contributed by atoms with Gasteiger partial charge in [0.2, 0.25) is 0 Å². The summed E-state index contributed by atoms with van der Waals surface area (Å²) in [4.78, 5) is 37.7. The Balaban J connectivity index is 3.84. The molecule has 6 heteroatoms. The topological polar surface area (TPSA) is 78.9 Å². The standard InChI is InChI=1S/C59H114O6/c1-4-7-10-13-16-19-20-21-22-23-24-25-26-27-28-29-30-31-32-33-34-35-36-37-38-39-40-41-44-46-49-52-58(61)64-55-56(65-59(62)53-50-47-43-18-15-12-9-6-3)54-63-57(60)51-48-45-42-17-14-11-8-5-2/h56H,4-55H2,1-3H3. The van der Waals surface area contributed by atoms with Crippen LogP contribution in [0.3, 0.4) is 0 Å². The smallest absolute Gasteiger partial charge is 0.306 e. The van der Waals surface area contributed by atoms with Crippen LogP contribution in [0.15, 0.2) is 0 Å². The Morgan fingerprint density at radius 3 is 0.615 bits per heavy atom. The van der Waals surface area contributed by atoms with E-state index in [4.69, 9.17) is 14.2 Å². The van der Waals surface area contributed by atoms with E-state index in [9.17, 15) is 14.4 Å². The third-order valence-electron chi connectivity index (χ3n) is 13.6. The van der Waals surface area contributed by atoms with Crippen molar-refractivity contribution in [2.75, 3.05) is 13.2 Å². The Hall–Kier alpha value is -1.59. The largest absolute Gasteiger partial charge is 0.462 e. The number of carbonyl (C=O) groups excluding carboxylic acids is 3. The molecule has 1 unspecified atom stereocenters. The minimum atomic E-state index is -0.758. The van der Waals surface area contributed by atoms with Crippen LogP contribution in [0.5, 0.6) is 0 Å². The average molecular weight is 920 g/mol. The second-order valence-electron chi connectivity index (χ2n) is 20.3. The minimum Gasteiger partial charge on any atom is -0.462 e. The molecule has 0 N–H and O–H groups in total. The van der Waals surface area contributed by atoms with Gasteiger partial charge in [-0.15, -0.1) is 0 Å². The third kappa shape index (κ3) is 53.2. The van der Waals surface area contributed by atoms with Gasteiger partial charge in [-0.2, -0.15) is 0 Å². The fourth-order valence-corrected chi connectivity index (χ4v) is 9.15. The third-order valence-corrected chi connectivity index (χ3v) is 13.6. The van der Waals surface area contributed by atoms with Crippen LogP contribution in [0.1, 0.15) is 342 Å². The summed E-state index contributed by atoms with van der Waals surface area (Å²) in [6.07, 6.45) is 61.6. The van der Waals surface area contributed by atoms with Crippen LogP contribution >= 0.6 is 0 Å².